The van der Waals surface area contributed by atoms with Crippen LogP contribution in [0.1, 0.15) is 25.3 Å². The van der Waals surface area contributed by atoms with Crippen molar-refractivity contribution in [3.05, 3.63) is 16.0 Å². The quantitative estimate of drug-likeness (QED) is 0.704. The molecule has 7 nitrogen and oxygen atoms in total. The Morgan fingerprint density at radius 3 is 2.82 bits per heavy atom. The Labute approximate surface area is 135 Å². The number of rotatable bonds is 4. The highest BCUT2D eigenvalue weighted by Gasteiger charge is 2.28. The van der Waals surface area contributed by atoms with Crippen LogP contribution in [0.5, 0.6) is 0 Å². The molecule has 1 aliphatic heterocycles. The van der Waals surface area contributed by atoms with Gasteiger partial charge in [-0.25, -0.2) is 0 Å². The van der Waals surface area contributed by atoms with E-state index in [1.165, 1.54) is 6.92 Å². The summed E-state index contributed by atoms with van der Waals surface area (Å²) in [5.41, 5.74) is 0.579. The van der Waals surface area contributed by atoms with Gasteiger partial charge in [0.25, 0.3) is 0 Å². The molecule has 0 bridgehead atoms. The van der Waals surface area contributed by atoms with Crippen molar-refractivity contribution in [2.45, 2.75) is 32.2 Å². The number of nitrogens with one attached hydrogen (secondary N) is 3. The highest BCUT2D eigenvalue weighted by atomic mass is 35.5. The molecular weight excluding hydrogens is 330 g/mol. The van der Waals surface area contributed by atoms with Crippen LogP contribution >= 0.6 is 22.9 Å². The Hall–Kier alpha value is -1.93. The van der Waals surface area contributed by atoms with Crippen LogP contribution in [-0.2, 0) is 25.6 Å². The van der Waals surface area contributed by atoms with Gasteiger partial charge in [0, 0.05) is 13.3 Å². The Balaban J connectivity index is 1.99. The average Bonchev–Trinajstić information content (AvgIpc) is 2.72. The summed E-state index contributed by atoms with van der Waals surface area (Å²) in [6.07, 6.45) is 0.452. The second-order valence-corrected chi connectivity index (χ2v) is 6.52. The van der Waals surface area contributed by atoms with E-state index in [9.17, 15) is 19.2 Å². The first kappa shape index (κ1) is 16.4. The maximum atomic E-state index is 12.0. The van der Waals surface area contributed by atoms with Gasteiger partial charge in [0.1, 0.15) is 11.0 Å². The third kappa shape index (κ3) is 4.28. The molecule has 4 amide bonds. The molecule has 0 radical (unpaired) electrons. The number of hydrogen-bond acceptors (Lipinski definition) is 5. The van der Waals surface area contributed by atoms with Crippen molar-refractivity contribution in [1.82, 2.24) is 10.6 Å². The van der Waals surface area contributed by atoms with Crippen molar-refractivity contribution in [1.29, 1.82) is 0 Å². The minimum absolute atomic E-state index is 0.0173. The van der Waals surface area contributed by atoms with Crippen LogP contribution in [-0.4, -0.2) is 29.7 Å². The Bertz CT molecular complexity index is 643. The monoisotopic (exact) mass is 343 g/mol. The summed E-state index contributed by atoms with van der Waals surface area (Å²) in [5.74, 6) is -1.48. The molecule has 0 saturated carbocycles. The minimum atomic E-state index is -0.719. The van der Waals surface area contributed by atoms with Crippen molar-refractivity contribution in [2.24, 2.45) is 0 Å². The fourth-order valence-corrected chi connectivity index (χ4v) is 3.26. The van der Waals surface area contributed by atoms with Gasteiger partial charge in [0.15, 0.2) is 0 Å². The number of thiophene rings is 1. The molecule has 1 aromatic rings. The third-order valence-electron chi connectivity index (χ3n) is 2.99. The summed E-state index contributed by atoms with van der Waals surface area (Å²) in [4.78, 5) is 45.8. The van der Waals surface area contributed by atoms with E-state index in [2.05, 4.69) is 16.0 Å². The van der Waals surface area contributed by atoms with Gasteiger partial charge in [-0.2, -0.15) is 0 Å². The summed E-state index contributed by atoms with van der Waals surface area (Å²) in [5, 5.41) is 7.86. The highest BCUT2D eigenvalue weighted by molar-refractivity contribution is 7.20. The lowest BCUT2D eigenvalue weighted by molar-refractivity contribution is -0.137. The number of anilines is 1. The average molecular weight is 344 g/mol. The zero-order valence-corrected chi connectivity index (χ0v) is 13.3. The lowest BCUT2D eigenvalue weighted by Gasteiger charge is -2.21. The molecule has 0 aliphatic carbocycles. The number of imide groups is 1. The fraction of sp³-hybridized carbons (Fsp3) is 0.385. The maximum absolute atomic E-state index is 12.0. The zero-order valence-electron chi connectivity index (χ0n) is 11.7. The first-order valence-electron chi connectivity index (χ1n) is 6.54. The number of amides is 4. The molecule has 2 heterocycles. The van der Waals surface area contributed by atoms with E-state index >= 15 is 0 Å². The lowest BCUT2D eigenvalue weighted by Crippen LogP contribution is -2.52. The van der Waals surface area contributed by atoms with Gasteiger partial charge in [0.05, 0.1) is 10.8 Å². The van der Waals surface area contributed by atoms with E-state index < -0.39 is 11.9 Å². The van der Waals surface area contributed by atoms with Gasteiger partial charge in [-0.15, -0.1) is 11.3 Å². The second-order valence-electron chi connectivity index (χ2n) is 4.83. The van der Waals surface area contributed by atoms with Crippen LogP contribution in [0.2, 0.25) is 4.34 Å². The summed E-state index contributed by atoms with van der Waals surface area (Å²) < 4.78 is 0.451. The standard InChI is InChI=1S/C13H14ClN3O4S/c1-6(18)15-13-7(4-9(14)22-13)5-11(20)16-8-2-3-10(19)17-12(8)21/h4,8H,2-3,5H2,1H3,(H,15,18)(H,16,20)(H,17,19,21). The molecular formula is C13H14ClN3O4S. The molecule has 1 atom stereocenters. The van der Waals surface area contributed by atoms with E-state index in [1.54, 1.807) is 6.07 Å². The molecule has 9 heteroatoms. The van der Waals surface area contributed by atoms with E-state index in [0.717, 1.165) is 11.3 Å². The highest BCUT2D eigenvalue weighted by Crippen LogP contribution is 2.32. The number of halogens is 1. The van der Waals surface area contributed by atoms with Gasteiger partial charge >= 0.3 is 0 Å². The summed E-state index contributed by atoms with van der Waals surface area (Å²) >= 11 is 7.06. The second kappa shape index (κ2) is 6.89. The fourth-order valence-electron chi connectivity index (χ4n) is 2.04. The summed E-state index contributed by atoms with van der Waals surface area (Å²) in [7, 11) is 0. The molecule has 0 aromatic carbocycles. The van der Waals surface area contributed by atoms with Gasteiger partial charge in [0.2, 0.25) is 23.6 Å². The zero-order chi connectivity index (χ0) is 16.3. The normalized spacial score (nSPS) is 17.8. The van der Waals surface area contributed by atoms with Crippen LogP contribution in [0, 0.1) is 0 Å². The van der Waals surface area contributed by atoms with E-state index in [-0.39, 0.29) is 37.0 Å². The van der Waals surface area contributed by atoms with Crippen LogP contribution in [0.3, 0.4) is 0 Å². The first-order valence-corrected chi connectivity index (χ1v) is 7.73. The van der Waals surface area contributed by atoms with Gasteiger partial charge < -0.3 is 10.6 Å². The predicted molar refractivity (Wildman–Crippen MR) is 81.7 cm³/mol. The Morgan fingerprint density at radius 2 is 2.18 bits per heavy atom. The van der Waals surface area contributed by atoms with Crippen LogP contribution in [0.25, 0.3) is 0 Å². The molecule has 1 aliphatic rings. The minimum Gasteiger partial charge on any atom is -0.344 e. The summed E-state index contributed by atoms with van der Waals surface area (Å²) in [6.45, 7) is 1.36. The molecule has 0 spiro atoms. The third-order valence-corrected chi connectivity index (χ3v) is 4.22. The number of hydrogen-bond donors (Lipinski definition) is 3. The van der Waals surface area contributed by atoms with Crippen LogP contribution in [0.15, 0.2) is 6.07 Å². The molecule has 1 fully saturated rings. The maximum Gasteiger partial charge on any atom is 0.249 e. The molecule has 1 aromatic heterocycles. The van der Waals surface area contributed by atoms with Gasteiger partial charge in [-0.3, -0.25) is 24.5 Å². The van der Waals surface area contributed by atoms with Gasteiger partial charge in [-0.05, 0) is 18.1 Å². The van der Waals surface area contributed by atoms with E-state index in [4.69, 9.17) is 11.6 Å². The smallest absolute Gasteiger partial charge is 0.249 e. The van der Waals surface area contributed by atoms with Crippen molar-refractivity contribution >= 4 is 51.6 Å². The molecule has 118 valence electrons. The predicted octanol–water partition coefficient (Wildman–Crippen LogP) is 0.824. The van der Waals surface area contributed by atoms with Crippen LogP contribution in [0.4, 0.5) is 5.00 Å². The largest absolute Gasteiger partial charge is 0.344 e. The SMILES string of the molecule is CC(=O)Nc1sc(Cl)cc1CC(=O)NC1CCC(=O)NC1=O. The van der Waals surface area contributed by atoms with Gasteiger partial charge in [-0.1, -0.05) is 11.6 Å². The Kier molecular flexibility index (Phi) is 5.15. The molecule has 2 rings (SSSR count). The molecule has 22 heavy (non-hydrogen) atoms. The van der Waals surface area contributed by atoms with Crippen molar-refractivity contribution in [3.8, 4) is 0 Å². The topological polar surface area (TPSA) is 104 Å². The molecule has 1 unspecified atom stereocenters. The van der Waals surface area contributed by atoms with Crippen molar-refractivity contribution in [2.75, 3.05) is 5.32 Å². The lowest BCUT2D eigenvalue weighted by atomic mass is 10.1. The number of carbonyl (C=O) groups is 4. The first-order chi connectivity index (χ1) is 10.3. The molecule has 3 N–H and O–H groups in total. The Morgan fingerprint density at radius 1 is 1.45 bits per heavy atom. The van der Waals surface area contributed by atoms with Crippen molar-refractivity contribution in [3.63, 3.8) is 0 Å². The van der Waals surface area contributed by atoms with E-state index in [0.29, 0.717) is 14.9 Å². The van der Waals surface area contributed by atoms with E-state index in [1.807, 2.05) is 0 Å². The molecule has 1 saturated heterocycles. The number of carbonyl (C=O) groups excluding carboxylic acids is 4. The van der Waals surface area contributed by atoms with Crippen molar-refractivity contribution < 1.29 is 19.2 Å². The number of piperidine rings is 1. The summed E-state index contributed by atoms with van der Waals surface area (Å²) in [6, 6.07) is 0.880. The van der Waals surface area contributed by atoms with Crippen LogP contribution < -0.4 is 16.0 Å².